The van der Waals surface area contributed by atoms with Crippen molar-refractivity contribution in [3.05, 3.63) is 76.4 Å². The minimum atomic E-state index is -1.02. The number of pyridine rings is 1. The molecule has 1 atom stereocenters. The van der Waals surface area contributed by atoms with Crippen molar-refractivity contribution in [1.82, 2.24) is 4.98 Å². The van der Waals surface area contributed by atoms with E-state index in [1.807, 2.05) is 61.5 Å². The van der Waals surface area contributed by atoms with E-state index in [2.05, 4.69) is 20.9 Å². The van der Waals surface area contributed by atoms with Gasteiger partial charge in [-0.2, -0.15) is 0 Å². The van der Waals surface area contributed by atoms with Crippen molar-refractivity contribution in [2.24, 2.45) is 0 Å². The molecule has 0 amide bonds. The second-order valence-corrected chi connectivity index (χ2v) is 5.91. The average Bonchev–Trinajstić information content (AvgIpc) is 2.47. The largest absolute Gasteiger partial charge is 0.381 e. The molecule has 0 aliphatic heterocycles. The van der Waals surface area contributed by atoms with Gasteiger partial charge in [-0.1, -0.05) is 40.2 Å². The molecule has 0 saturated heterocycles. The highest BCUT2D eigenvalue weighted by Crippen LogP contribution is 2.31. The first kappa shape index (κ1) is 13.3. The molecule has 0 radical (unpaired) electrons. The Morgan fingerprint density at radius 3 is 2.45 bits per heavy atom. The Hall–Kier alpha value is -1.71. The molecule has 0 aliphatic carbocycles. The first-order valence-corrected chi connectivity index (χ1v) is 7.20. The Kier molecular flexibility index (Phi) is 3.32. The van der Waals surface area contributed by atoms with E-state index in [0.29, 0.717) is 0 Å². The van der Waals surface area contributed by atoms with Crippen molar-refractivity contribution in [1.29, 1.82) is 0 Å². The van der Waals surface area contributed by atoms with Crippen LogP contribution in [0, 0.1) is 0 Å². The lowest BCUT2D eigenvalue weighted by atomic mass is 9.87. The Morgan fingerprint density at radius 2 is 1.70 bits per heavy atom. The van der Waals surface area contributed by atoms with Gasteiger partial charge >= 0.3 is 0 Å². The number of aromatic nitrogens is 1. The summed E-state index contributed by atoms with van der Waals surface area (Å²) in [5.41, 5.74) is 1.64. The van der Waals surface area contributed by atoms with E-state index < -0.39 is 5.60 Å². The van der Waals surface area contributed by atoms with Crippen molar-refractivity contribution in [2.75, 3.05) is 0 Å². The van der Waals surface area contributed by atoms with E-state index in [1.165, 1.54) is 0 Å². The Labute approximate surface area is 126 Å². The standard InChI is InChI=1S/C17H14BrNO/c1-17(20,13-4-7-15(18)8-5-13)14-6-9-16-12(11-14)3-2-10-19-16/h2-11,20H,1H3. The minimum absolute atomic E-state index is 0.861. The van der Waals surface area contributed by atoms with Crippen molar-refractivity contribution in [2.45, 2.75) is 12.5 Å². The second kappa shape index (κ2) is 5.00. The molecule has 2 nitrogen and oxygen atoms in total. The normalized spacial score (nSPS) is 14.2. The number of hydrogen-bond donors (Lipinski definition) is 1. The molecule has 1 N–H and O–H groups in total. The van der Waals surface area contributed by atoms with Crippen LogP contribution in [-0.4, -0.2) is 10.1 Å². The summed E-state index contributed by atoms with van der Waals surface area (Å²) in [5, 5.41) is 11.9. The molecule has 1 heterocycles. The van der Waals surface area contributed by atoms with Crippen LogP contribution < -0.4 is 0 Å². The highest BCUT2D eigenvalue weighted by atomic mass is 79.9. The van der Waals surface area contributed by atoms with Gasteiger partial charge in [-0.05, 0) is 48.4 Å². The summed E-state index contributed by atoms with van der Waals surface area (Å²) in [7, 11) is 0. The SMILES string of the molecule is CC(O)(c1ccc(Br)cc1)c1ccc2ncccc2c1. The van der Waals surface area contributed by atoms with Crippen molar-refractivity contribution >= 4 is 26.8 Å². The van der Waals surface area contributed by atoms with E-state index in [0.717, 1.165) is 26.5 Å². The van der Waals surface area contributed by atoms with E-state index in [9.17, 15) is 5.11 Å². The van der Waals surface area contributed by atoms with Gasteiger partial charge < -0.3 is 5.11 Å². The third-order valence-corrected chi connectivity index (χ3v) is 4.10. The summed E-state index contributed by atoms with van der Waals surface area (Å²) in [6.07, 6.45) is 1.77. The molecule has 3 rings (SSSR count). The maximum atomic E-state index is 10.9. The molecule has 2 aromatic carbocycles. The Bertz CT molecular complexity index is 750. The molecule has 0 fully saturated rings. The number of fused-ring (bicyclic) bond motifs is 1. The molecule has 0 spiro atoms. The van der Waals surface area contributed by atoms with Gasteiger partial charge in [0, 0.05) is 16.1 Å². The van der Waals surface area contributed by atoms with Crippen LogP contribution in [0.3, 0.4) is 0 Å². The number of rotatable bonds is 2. The molecule has 1 unspecified atom stereocenters. The van der Waals surface area contributed by atoms with E-state index in [-0.39, 0.29) is 0 Å². The van der Waals surface area contributed by atoms with Gasteiger partial charge in [0.25, 0.3) is 0 Å². The van der Waals surface area contributed by atoms with Crippen LogP contribution in [0.2, 0.25) is 0 Å². The van der Waals surface area contributed by atoms with E-state index >= 15 is 0 Å². The number of nitrogens with zero attached hydrogens (tertiary/aromatic N) is 1. The van der Waals surface area contributed by atoms with Crippen LogP contribution in [0.4, 0.5) is 0 Å². The van der Waals surface area contributed by atoms with Crippen LogP contribution in [0.25, 0.3) is 10.9 Å². The molecule has 0 saturated carbocycles. The van der Waals surface area contributed by atoms with E-state index in [1.54, 1.807) is 6.20 Å². The monoisotopic (exact) mass is 327 g/mol. The smallest absolute Gasteiger partial charge is 0.112 e. The molecule has 3 heteroatoms. The lowest BCUT2D eigenvalue weighted by molar-refractivity contribution is 0.102. The maximum absolute atomic E-state index is 10.9. The van der Waals surface area contributed by atoms with Crippen LogP contribution in [0.1, 0.15) is 18.1 Å². The fourth-order valence-corrected chi connectivity index (χ4v) is 2.58. The first-order valence-electron chi connectivity index (χ1n) is 6.41. The highest BCUT2D eigenvalue weighted by molar-refractivity contribution is 9.10. The van der Waals surface area contributed by atoms with Gasteiger partial charge in [-0.3, -0.25) is 4.98 Å². The molecule has 3 aromatic rings. The average molecular weight is 328 g/mol. The summed E-state index contributed by atoms with van der Waals surface area (Å²) in [6, 6.07) is 17.5. The molecule has 0 bridgehead atoms. The molecule has 20 heavy (non-hydrogen) atoms. The van der Waals surface area contributed by atoms with Gasteiger partial charge in [0.15, 0.2) is 0 Å². The van der Waals surface area contributed by atoms with Gasteiger partial charge in [0.05, 0.1) is 5.52 Å². The van der Waals surface area contributed by atoms with Crippen LogP contribution in [0.5, 0.6) is 0 Å². The van der Waals surface area contributed by atoms with E-state index in [4.69, 9.17) is 0 Å². The van der Waals surface area contributed by atoms with Crippen LogP contribution in [-0.2, 0) is 5.60 Å². The first-order chi connectivity index (χ1) is 9.57. The molecular weight excluding hydrogens is 314 g/mol. The van der Waals surface area contributed by atoms with Crippen molar-refractivity contribution in [3.63, 3.8) is 0 Å². The molecule has 0 aliphatic rings. The fourth-order valence-electron chi connectivity index (χ4n) is 2.32. The molecule has 100 valence electrons. The quantitative estimate of drug-likeness (QED) is 0.763. The third kappa shape index (κ3) is 2.35. The zero-order chi connectivity index (χ0) is 14.2. The second-order valence-electron chi connectivity index (χ2n) is 4.99. The lowest BCUT2D eigenvalue weighted by Gasteiger charge is -2.25. The van der Waals surface area contributed by atoms with Gasteiger partial charge in [0.1, 0.15) is 5.60 Å². The molecular formula is C17H14BrNO. The topological polar surface area (TPSA) is 33.1 Å². The molecule has 1 aromatic heterocycles. The maximum Gasteiger partial charge on any atom is 0.112 e. The summed E-state index contributed by atoms with van der Waals surface area (Å²) in [4.78, 5) is 4.30. The zero-order valence-electron chi connectivity index (χ0n) is 11.0. The predicted octanol–water partition coefficient (Wildman–Crippen LogP) is 4.25. The number of benzene rings is 2. The van der Waals surface area contributed by atoms with Gasteiger partial charge in [-0.15, -0.1) is 0 Å². The number of aliphatic hydroxyl groups is 1. The summed E-state index contributed by atoms with van der Waals surface area (Å²) >= 11 is 3.41. The summed E-state index contributed by atoms with van der Waals surface area (Å²) in [5.74, 6) is 0. The predicted molar refractivity (Wildman–Crippen MR) is 84.6 cm³/mol. The fraction of sp³-hybridized carbons (Fsp3) is 0.118. The Morgan fingerprint density at radius 1 is 1.00 bits per heavy atom. The van der Waals surface area contributed by atoms with Gasteiger partial charge in [0.2, 0.25) is 0 Å². The third-order valence-electron chi connectivity index (χ3n) is 3.57. The van der Waals surface area contributed by atoms with Crippen LogP contribution in [0.15, 0.2) is 65.3 Å². The van der Waals surface area contributed by atoms with Crippen molar-refractivity contribution in [3.8, 4) is 0 Å². The Balaban J connectivity index is 2.10. The van der Waals surface area contributed by atoms with Crippen LogP contribution >= 0.6 is 15.9 Å². The highest BCUT2D eigenvalue weighted by Gasteiger charge is 2.25. The number of halogens is 1. The minimum Gasteiger partial charge on any atom is -0.381 e. The number of hydrogen-bond acceptors (Lipinski definition) is 2. The van der Waals surface area contributed by atoms with Crippen molar-refractivity contribution < 1.29 is 5.11 Å². The lowest BCUT2D eigenvalue weighted by Crippen LogP contribution is -2.22. The zero-order valence-corrected chi connectivity index (χ0v) is 12.6. The summed E-state index contributed by atoms with van der Waals surface area (Å²) in [6.45, 7) is 1.81. The van der Waals surface area contributed by atoms with Gasteiger partial charge in [-0.25, -0.2) is 0 Å². The summed E-state index contributed by atoms with van der Waals surface area (Å²) < 4.78 is 1.000.